The highest BCUT2D eigenvalue weighted by Gasteiger charge is 2.22. The molecule has 1 heterocycles. The Morgan fingerprint density at radius 2 is 2.19 bits per heavy atom. The summed E-state index contributed by atoms with van der Waals surface area (Å²) < 4.78 is 1.58. The second-order valence-corrected chi connectivity index (χ2v) is 4.59. The molecular weight excluding hydrogens is 224 g/mol. The van der Waals surface area contributed by atoms with Crippen molar-refractivity contribution in [3.8, 4) is 0 Å². The summed E-state index contributed by atoms with van der Waals surface area (Å²) in [6.07, 6.45) is 4.99. The second kappa shape index (κ2) is 3.59. The molecule has 1 aromatic heterocycles. The van der Waals surface area contributed by atoms with Gasteiger partial charge in [-0.2, -0.15) is 5.10 Å². The molecule has 3 nitrogen and oxygen atoms in total. The van der Waals surface area contributed by atoms with E-state index in [1.807, 2.05) is 12.1 Å². The van der Waals surface area contributed by atoms with Crippen molar-refractivity contribution in [1.82, 2.24) is 9.78 Å². The van der Waals surface area contributed by atoms with Crippen LogP contribution in [0, 0.1) is 0 Å². The van der Waals surface area contributed by atoms with Crippen LogP contribution in [0.15, 0.2) is 29.2 Å². The van der Waals surface area contributed by atoms with Crippen LogP contribution in [0.5, 0.6) is 0 Å². The van der Waals surface area contributed by atoms with E-state index in [2.05, 4.69) is 5.10 Å². The van der Waals surface area contributed by atoms with Crippen LogP contribution in [0.4, 0.5) is 0 Å². The van der Waals surface area contributed by atoms with Crippen molar-refractivity contribution in [3.63, 3.8) is 0 Å². The van der Waals surface area contributed by atoms with Crippen LogP contribution in [0.3, 0.4) is 0 Å². The Bertz CT molecular complexity index is 601. The fourth-order valence-corrected chi connectivity index (χ4v) is 2.32. The van der Waals surface area contributed by atoms with Gasteiger partial charge in [-0.1, -0.05) is 23.7 Å². The van der Waals surface area contributed by atoms with E-state index in [4.69, 9.17) is 11.6 Å². The lowest BCUT2D eigenvalue weighted by atomic mass is 9.93. The van der Waals surface area contributed by atoms with E-state index in [9.17, 15) is 4.79 Å². The first kappa shape index (κ1) is 9.85. The first-order chi connectivity index (χ1) is 7.77. The summed E-state index contributed by atoms with van der Waals surface area (Å²) in [5, 5.41) is 6.13. The van der Waals surface area contributed by atoms with Gasteiger partial charge in [-0.3, -0.25) is 4.79 Å². The minimum atomic E-state index is -0.0622. The third-order valence-corrected chi connectivity index (χ3v) is 3.52. The lowest BCUT2D eigenvalue weighted by Gasteiger charge is -2.26. The molecule has 3 rings (SSSR count). The fraction of sp³-hybridized carbons (Fsp3) is 0.333. The quantitative estimate of drug-likeness (QED) is 0.761. The first-order valence-electron chi connectivity index (χ1n) is 5.43. The zero-order valence-electron chi connectivity index (χ0n) is 8.69. The standard InChI is InChI=1S/C12H11ClN2O/c13-10-6-1-3-8-7-14-15(9-4-2-5-9)12(16)11(8)10/h1,3,6-7,9H,2,4-5H2. The van der Waals surface area contributed by atoms with Gasteiger partial charge in [0.15, 0.2) is 0 Å². The first-order valence-corrected chi connectivity index (χ1v) is 5.81. The minimum absolute atomic E-state index is 0.0622. The summed E-state index contributed by atoms with van der Waals surface area (Å²) in [7, 11) is 0. The Morgan fingerprint density at radius 1 is 1.38 bits per heavy atom. The van der Waals surface area contributed by atoms with E-state index in [1.54, 1.807) is 16.9 Å². The molecule has 0 unspecified atom stereocenters. The molecule has 0 N–H and O–H groups in total. The largest absolute Gasteiger partial charge is 0.276 e. The Morgan fingerprint density at radius 3 is 2.88 bits per heavy atom. The average Bonchev–Trinajstić information content (AvgIpc) is 2.19. The van der Waals surface area contributed by atoms with Crippen LogP contribution in [-0.2, 0) is 0 Å². The number of nitrogens with zero attached hydrogens (tertiary/aromatic N) is 2. The van der Waals surface area contributed by atoms with Gasteiger partial charge in [-0.25, -0.2) is 4.68 Å². The summed E-state index contributed by atoms with van der Waals surface area (Å²) in [6, 6.07) is 5.71. The molecule has 0 aliphatic heterocycles. The molecule has 1 fully saturated rings. The van der Waals surface area contributed by atoms with E-state index < -0.39 is 0 Å². The fourth-order valence-electron chi connectivity index (χ4n) is 2.06. The van der Waals surface area contributed by atoms with Gasteiger partial charge in [-0.15, -0.1) is 0 Å². The second-order valence-electron chi connectivity index (χ2n) is 4.18. The molecule has 0 bridgehead atoms. The summed E-state index contributed by atoms with van der Waals surface area (Å²) in [5.74, 6) is 0. The van der Waals surface area contributed by atoms with E-state index in [-0.39, 0.29) is 11.6 Å². The molecule has 0 radical (unpaired) electrons. The Balaban J connectivity index is 2.30. The molecule has 16 heavy (non-hydrogen) atoms. The predicted molar refractivity (Wildman–Crippen MR) is 63.9 cm³/mol. The molecule has 0 atom stereocenters. The molecule has 82 valence electrons. The molecule has 4 heteroatoms. The van der Waals surface area contributed by atoms with Crippen LogP contribution in [0.1, 0.15) is 25.3 Å². The maximum atomic E-state index is 12.2. The number of rotatable bonds is 1. The van der Waals surface area contributed by atoms with E-state index in [0.717, 1.165) is 18.2 Å². The zero-order valence-corrected chi connectivity index (χ0v) is 9.44. The summed E-state index contributed by atoms with van der Waals surface area (Å²) in [4.78, 5) is 12.2. The van der Waals surface area contributed by atoms with Gasteiger partial charge < -0.3 is 0 Å². The third kappa shape index (κ3) is 1.35. The lowest BCUT2D eigenvalue weighted by Crippen LogP contribution is -2.31. The highest BCUT2D eigenvalue weighted by Crippen LogP contribution is 2.30. The topological polar surface area (TPSA) is 34.9 Å². The van der Waals surface area contributed by atoms with Crippen molar-refractivity contribution in [2.24, 2.45) is 0 Å². The lowest BCUT2D eigenvalue weighted by molar-refractivity contribution is 0.280. The van der Waals surface area contributed by atoms with Gasteiger partial charge in [0.05, 0.1) is 22.6 Å². The number of halogens is 1. The molecule has 0 amide bonds. The van der Waals surface area contributed by atoms with Crippen LogP contribution >= 0.6 is 11.6 Å². The van der Waals surface area contributed by atoms with Gasteiger partial charge in [0, 0.05) is 5.39 Å². The van der Waals surface area contributed by atoms with E-state index in [0.29, 0.717) is 10.4 Å². The number of fused-ring (bicyclic) bond motifs is 1. The maximum Gasteiger partial charge on any atom is 0.276 e. The molecule has 0 spiro atoms. The Kier molecular flexibility index (Phi) is 2.21. The van der Waals surface area contributed by atoms with Gasteiger partial charge in [0.1, 0.15) is 0 Å². The van der Waals surface area contributed by atoms with Crippen molar-refractivity contribution < 1.29 is 0 Å². The molecule has 1 aliphatic rings. The summed E-state index contributed by atoms with van der Waals surface area (Å²) in [5.41, 5.74) is -0.0622. The summed E-state index contributed by atoms with van der Waals surface area (Å²) in [6.45, 7) is 0. The smallest absolute Gasteiger partial charge is 0.267 e. The molecule has 1 aliphatic carbocycles. The Hall–Kier alpha value is -1.35. The highest BCUT2D eigenvalue weighted by atomic mass is 35.5. The van der Waals surface area contributed by atoms with Crippen molar-refractivity contribution in [3.05, 3.63) is 39.8 Å². The number of aromatic nitrogens is 2. The van der Waals surface area contributed by atoms with Crippen molar-refractivity contribution in [1.29, 1.82) is 0 Å². The molecule has 0 saturated heterocycles. The average molecular weight is 235 g/mol. The van der Waals surface area contributed by atoms with Crippen LogP contribution in [0.2, 0.25) is 5.02 Å². The summed E-state index contributed by atoms with van der Waals surface area (Å²) >= 11 is 6.06. The molecule has 2 aromatic rings. The van der Waals surface area contributed by atoms with Crippen molar-refractivity contribution in [2.45, 2.75) is 25.3 Å². The highest BCUT2D eigenvalue weighted by molar-refractivity contribution is 6.35. The number of hydrogen-bond donors (Lipinski definition) is 0. The van der Waals surface area contributed by atoms with Gasteiger partial charge in [-0.05, 0) is 25.3 Å². The van der Waals surface area contributed by atoms with Crippen LogP contribution < -0.4 is 5.56 Å². The normalized spacial score (nSPS) is 16.3. The monoisotopic (exact) mass is 234 g/mol. The van der Waals surface area contributed by atoms with Crippen LogP contribution in [0.25, 0.3) is 10.8 Å². The predicted octanol–water partition coefficient (Wildman–Crippen LogP) is 2.77. The Labute approximate surface area is 97.6 Å². The molecule has 1 saturated carbocycles. The van der Waals surface area contributed by atoms with Crippen molar-refractivity contribution in [2.75, 3.05) is 0 Å². The van der Waals surface area contributed by atoms with Gasteiger partial charge in [0.2, 0.25) is 0 Å². The van der Waals surface area contributed by atoms with Gasteiger partial charge >= 0.3 is 0 Å². The van der Waals surface area contributed by atoms with Crippen molar-refractivity contribution >= 4 is 22.4 Å². The molecular formula is C12H11ClN2O. The number of hydrogen-bond acceptors (Lipinski definition) is 2. The van der Waals surface area contributed by atoms with Crippen LogP contribution in [-0.4, -0.2) is 9.78 Å². The molecule has 1 aromatic carbocycles. The third-order valence-electron chi connectivity index (χ3n) is 3.21. The minimum Gasteiger partial charge on any atom is -0.267 e. The van der Waals surface area contributed by atoms with E-state index >= 15 is 0 Å². The maximum absolute atomic E-state index is 12.2. The number of benzene rings is 1. The van der Waals surface area contributed by atoms with E-state index in [1.165, 1.54) is 6.42 Å². The zero-order chi connectivity index (χ0) is 11.1. The van der Waals surface area contributed by atoms with Gasteiger partial charge in [0.25, 0.3) is 5.56 Å². The SMILES string of the molecule is O=c1c2c(Cl)cccc2cnn1C1CCC1.